The number of nitrogens with two attached hydrogens (primary N) is 1. The summed E-state index contributed by atoms with van der Waals surface area (Å²) in [5, 5.41) is 4.15. The van der Waals surface area contributed by atoms with Crippen LogP contribution in [0.2, 0.25) is 0 Å². The Kier molecular flexibility index (Phi) is 3.39. The lowest BCUT2D eigenvalue weighted by molar-refractivity contribution is -0.117. The number of carbonyl (C=O) groups is 1. The van der Waals surface area contributed by atoms with Gasteiger partial charge in [0.2, 0.25) is 21.9 Å². The highest BCUT2D eigenvalue weighted by molar-refractivity contribution is 9.10. The van der Waals surface area contributed by atoms with Gasteiger partial charge in [-0.05, 0) is 22.9 Å². The highest BCUT2D eigenvalue weighted by Crippen LogP contribution is 2.22. The van der Waals surface area contributed by atoms with E-state index in [2.05, 4.69) is 25.9 Å². The zero-order chi connectivity index (χ0) is 13.5. The fourth-order valence-electron chi connectivity index (χ4n) is 1.66. The molecule has 1 saturated heterocycles. The first-order chi connectivity index (χ1) is 8.29. The minimum Gasteiger partial charge on any atom is -0.279 e. The Hall–Kier alpha value is -1.06. The summed E-state index contributed by atoms with van der Waals surface area (Å²) in [7, 11) is -3.72. The Morgan fingerprint density at radius 1 is 1.56 bits per heavy atom. The second-order valence-corrected chi connectivity index (χ2v) is 6.72. The summed E-state index contributed by atoms with van der Waals surface area (Å²) in [5.74, 6) is -0.136. The number of rotatable bonds is 2. The molecular formula is C9H11BrN4O3S. The summed E-state index contributed by atoms with van der Waals surface area (Å²) in [4.78, 5) is 21.1. The van der Waals surface area contributed by atoms with Crippen molar-refractivity contribution in [1.82, 2.24) is 9.97 Å². The van der Waals surface area contributed by atoms with Gasteiger partial charge in [0, 0.05) is 19.2 Å². The molecular weight excluding hydrogens is 324 g/mol. The molecule has 0 saturated carbocycles. The molecule has 0 aromatic carbocycles. The van der Waals surface area contributed by atoms with Crippen molar-refractivity contribution in [3.8, 4) is 0 Å². The lowest BCUT2D eigenvalue weighted by Crippen LogP contribution is -2.32. The number of primary sulfonamides is 1. The van der Waals surface area contributed by atoms with Gasteiger partial charge in [0.15, 0.2) is 0 Å². The monoisotopic (exact) mass is 334 g/mol. The normalized spacial score (nSPS) is 20.5. The lowest BCUT2D eigenvalue weighted by atomic mass is 10.4. The van der Waals surface area contributed by atoms with E-state index >= 15 is 0 Å². The van der Waals surface area contributed by atoms with Crippen molar-refractivity contribution in [2.45, 2.75) is 18.6 Å². The summed E-state index contributed by atoms with van der Waals surface area (Å²) in [6.07, 6.45) is 1.40. The van der Waals surface area contributed by atoms with Crippen LogP contribution >= 0.6 is 15.9 Å². The molecule has 98 valence electrons. The van der Waals surface area contributed by atoms with Crippen molar-refractivity contribution in [2.24, 2.45) is 5.14 Å². The van der Waals surface area contributed by atoms with Crippen LogP contribution in [0.15, 0.2) is 10.7 Å². The summed E-state index contributed by atoms with van der Waals surface area (Å²) in [6, 6.07) is 0. The van der Waals surface area contributed by atoms with Crippen LogP contribution in [0, 0.1) is 6.92 Å². The minimum absolute atomic E-state index is 0.00125. The molecule has 7 nitrogen and oxygen atoms in total. The first-order valence-corrected chi connectivity index (χ1v) is 7.50. The molecule has 1 fully saturated rings. The van der Waals surface area contributed by atoms with E-state index in [1.54, 1.807) is 6.92 Å². The van der Waals surface area contributed by atoms with E-state index < -0.39 is 15.3 Å². The van der Waals surface area contributed by atoms with Gasteiger partial charge >= 0.3 is 0 Å². The summed E-state index contributed by atoms with van der Waals surface area (Å²) in [5.41, 5.74) is 0.673. The highest BCUT2D eigenvalue weighted by atomic mass is 79.9. The van der Waals surface area contributed by atoms with Gasteiger partial charge in [-0.2, -0.15) is 0 Å². The summed E-state index contributed by atoms with van der Waals surface area (Å²) in [6.45, 7) is 1.76. The average Bonchev–Trinajstić information content (AvgIpc) is 2.64. The largest absolute Gasteiger partial charge is 0.279 e. The Labute approximate surface area is 113 Å². The standard InChI is InChI=1S/C9H11BrN4O3S/c1-5-7(10)3-12-9(13-5)14-4-6(2-8(14)15)18(11,16)17/h3,6H,2,4H2,1H3,(H2,11,16,17). The first-order valence-electron chi connectivity index (χ1n) is 5.10. The van der Waals surface area contributed by atoms with Crippen molar-refractivity contribution in [3.05, 3.63) is 16.4 Å². The number of sulfonamides is 1. The van der Waals surface area contributed by atoms with E-state index in [1.807, 2.05) is 0 Å². The van der Waals surface area contributed by atoms with Crippen LogP contribution in [0.3, 0.4) is 0 Å². The van der Waals surface area contributed by atoms with E-state index in [9.17, 15) is 13.2 Å². The van der Waals surface area contributed by atoms with Crippen LogP contribution in [0.5, 0.6) is 0 Å². The number of aromatic nitrogens is 2. The Morgan fingerprint density at radius 2 is 2.22 bits per heavy atom. The van der Waals surface area contributed by atoms with Gasteiger partial charge in [0.25, 0.3) is 0 Å². The van der Waals surface area contributed by atoms with Gasteiger partial charge in [-0.3, -0.25) is 9.69 Å². The molecule has 1 aromatic heterocycles. The number of anilines is 1. The SMILES string of the molecule is Cc1nc(N2CC(S(N)(=O)=O)CC2=O)ncc1Br. The smallest absolute Gasteiger partial charge is 0.232 e. The van der Waals surface area contributed by atoms with E-state index in [-0.39, 0.29) is 24.8 Å². The van der Waals surface area contributed by atoms with Crippen molar-refractivity contribution in [3.63, 3.8) is 0 Å². The van der Waals surface area contributed by atoms with Crippen LogP contribution < -0.4 is 10.0 Å². The second-order valence-electron chi connectivity index (χ2n) is 4.02. The molecule has 0 aliphatic carbocycles. The maximum absolute atomic E-state index is 11.7. The number of nitrogens with zero attached hydrogens (tertiary/aromatic N) is 3. The molecule has 1 unspecified atom stereocenters. The van der Waals surface area contributed by atoms with Gasteiger partial charge in [-0.1, -0.05) is 0 Å². The molecule has 2 rings (SSSR count). The van der Waals surface area contributed by atoms with Crippen molar-refractivity contribution in [1.29, 1.82) is 0 Å². The van der Waals surface area contributed by atoms with E-state index in [1.165, 1.54) is 11.1 Å². The molecule has 2 N–H and O–H groups in total. The predicted molar refractivity (Wildman–Crippen MR) is 68.3 cm³/mol. The van der Waals surface area contributed by atoms with Crippen molar-refractivity contribution >= 4 is 37.8 Å². The molecule has 1 aliphatic rings. The van der Waals surface area contributed by atoms with E-state index in [4.69, 9.17) is 5.14 Å². The average molecular weight is 335 g/mol. The molecule has 1 atom stereocenters. The molecule has 2 heterocycles. The molecule has 18 heavy (non-hydrogen) atoms. The van der Waals surface area contributed by atoms with Crippen molar-refractivity contribution < 1.29 is 13.2 Å². The fourth-order valence-corrected chi connectivity index (χ4v) is 2.58. The number of hydrogen-bond acceptors (Lipinski definition) is 5. The third-order valence-electron chi connectivity index (χ3n) is 2.70. The van der Waals surface area contributed by atoms with Gasteiger partial charge in [-0.15, -0.1) is 0 Å². The van der Waals surface area contributed by atoms with Crippen LogP contribution in [0.25, 0.3) is 0 Å². The molecule has 0 spiro atoms. The molecule has 1 aromatic rings. The number of aryl methyl sites for hydroxylation is 1. The number of amides is 1. The molecule has 9 heteroatoms. The van der Waals surface area contributed by atoms with Crippen molar-refractivity contribution in [2.75, 3.05) is 11.4 Å². The Balaban J connectivity index is 2.30. The maximum Gasteiger partial charge on any atom is 0.232 e. The summed E-state index contributed by atoms with van der Waals surface area (Å²) < 4.78 is 23.2. The Morgan fingerprint density at radius 3 is 2.72 bits per heavy atom. The van der Waals surface area contributed by atoms with Gasteiger partial charge in [0.05, 0.1) is 10.2 Å². The van der Waals surface area contributed by atoms with Crippen LogP contribution in [-0.2, 0) is 14.8 Å². The van der Waals surface area contributed by atoms with Gasteiger partial charge in [0.1, 0.15) is 5.25 Å². The number of carbonyl (C=O) groups excluding carboxylic acids is 1. The zero-order valence-electron chi connectivity index (χ0n) is 9.50. The molecule has 1 aliphatic heterocycles. The predicted octanol–water partition coefficient (Wildman–Crippen LogP) is -0.0587. The first kappa shape index (κ1) is 13.4. The number of hydrogen-bond donors (Lipinski definition) is 1. The quantitative estimate of drug-likeness (QED) is 0.815. The topological polar surface area (TPSA) is 106 Å². The third-order valence-corrected chi connectivity index (χ3v) is 4.73. The van der Waals surface area contributed by atoms with Crippen LogP contribution in [0.1, 0.15) is 12.1 Å². The summed E-state index contributed by atoms with van der Waals surface area (Å²) >= 11 is 3.25. The van der Waals surface area contributed by atoms with Crippen LogP contribution in [0.4, 0.5) is 5.95 Å². The van der Waals surface area contributed by atoms with Gasteiger partial charge < -0.3 is 0 Å². The third kappa shape index (κ3) is 2.52. The molecule has 0 radical (unpaired) electrons. The molecule has 1 amide bonds. The number of halogens is 1. The molecule has 0 bridgehead atoms. The van der Waals surface area contributed by atoms with Gasteiger partial charge in [-0.25, -0.2) is 23.5 Å². The van der Waals surface area contributed by atoms with E-state index in [0.717, 1.165) is 4.47 Å². The maximum atomic E-state index is 11.7. The lowest BCUT2D eigenvalue weighted by Gasteiger charge is -2.14. The zero-order valence-corrected chi connectivity index (χ0v) is 11.9. The minimum atomic E-state index is -3.72. The second kappa shape index (κ2) is 4.56. The van der Waals surface area contributed by atoms with Crippen LogP contribution in [-0.4, -0.2) is 36.1 Å². The van der Waals surface area contributed by atoms with E-state index in [0.29, 0.717) is 5.69 Å². The highest BCUT2D eigenvalue weighted by Gasteiger charge is 2.38. The fraction of sp³-hybridized carbons (Fsp3) is 0.444. The Bertz CT molecular complexity index is 604.